The molecule has 1 amide bonds. The number of nitrogens with one attached hydrogen (secondary N) is 1. The quantitative estimate of drug-likeness (QED) is 0.727. The minimum Gasteiger partial charge on any atom is -0.497 e. The Bertz CT molecular complexity index is 928. The van der Waals surface area contributed by atoms with Crippen molar-refractivity contribution in [2.45, 2.75) is 6.92 Å². The van der Waals surface area contributed by atoms with Gasteiger partial charge in [0.15, 0.2) is 5.76 Å². The number of amides is 1. The Balaban J connectivity index is 1.52. The minimum atomic E-state index is -0.0469. The van der Waals surface area contributed by atoms with Crippen LogP contribution in [0.15, 0.2) is 47.0 Å². The van der Waals surface area contributed by atoms with E-state index in [4.69, 9.17) is 9.15 Å². The van der Waals surface area contributed by atoms with Crippen molar-refractivity contribution in [3.8, 4) is 5.75 Å². The number of ether oxygens (including phenoxy) is 1. The Kier molecular flexibility index (Phi) is 4.24. The van der Waals surface area contributed by atoms with Gasteiger partial charge in [-0.25, -0.2) is 4.98 Å². The molecule has 0 atom stereocenters. The summed E-state index contributed by atoms with van der Waals surface area (Å²) in [5.41, 5.74) is 1.58. The van der Waals surface area contributed by atoms with E-state index in [1.54, 1.807) is 7.11 Å². The first-order valence-electron chi connectivity index (χ1n) is 8.75. The second-order valence-corrected chi connectivity index (χ2v) is 6.45. The fraction of sp³-hybridized carbons (Fsp3) is 0.300. The van der Waals surface area contributed by atoms with Crippen molar-refractivity contribution in [3.05, 3.63) is 53.9 Å². The minimum absolute atomic E-state index is 0.0469. The molecule has 0 spiro atoms. The van der Waals surface area contributed by atoms with Crippen LogP contribution in [0.1, 0.15) is 16.1 Å². The van der Waals surface area contributed by atoms with Gasteiger partial charge in [-0.2, -0.15) is 0 Å². The average Bonchev–Trinajstić information content (AvgIpc) is 3.04. The number of H-pyrrole nitrogens is 1. The van der Waals surface area contributed by atoms with Crippen LogP contribution in [0.3, 0.4) is 0 Å². The number of methoxy groups -OCH3 is 1. The molecule has 1 aromatic carbocycles. The fourth-order valence-corrected chi connectivity index (χ4v) is 3.41. The number of rotatable bonds is 3. The number of anilines is 1. The van der Waals surface area contributed by atoms with Crippen LogP contribution in [-0.2, 0) is 0 Å². The predicted molar refractivity (Wildman–Crippen MR) is 98.6 cm³/mol. The largest absolute Gasteiger partial charge is 0.497 e. The van der Waals surface area contributed by atoms with Crippen molar-refractivity contribution < 1.29 is 18.9 Å². The normalized spacial score (nSPS) is 14.7. The number of aromatic amines is 1. The van der Waals surface area contributed by atoms with Gasteiger partial charge in [-0.05, 0) is 31.2 Å². The summed E-state index contributed by atoms with van der Waals surface area (Å²) in [4.78, 5) is 20.3. The fourth-order valence-electron chi connectivity index (χ4n) is 3.41. The van der Waals surface area contributed by atoms with Crippen LogP contribution in [0, 0.1) is 6.92 Å². The third-order valence-corrected chi connectivity index (χ3v) is 4.94. The van der Waals surface area contributed by atoms with Crippen LogP contribution in [-0.4, -0.2) is 44.1 Å². The number of piperazine rings is 1. The molecule has 26 heavy (non-hydrogen) atoms. The highest BCUT2D eigenvalue weighted by Gasteiger charge is 2.29. The van der Waals surface area contributed by atoms with Gasteiger partial charge in [0.2, 0.25) is 0 Å². The maximum atomic E-state index is 13.0. The van der Waals surface area contributed by atoms with Crippen molar-refractivity contribution in [1.29, 1.82) is 0 Å². The Morgan fingerprint density at radius 1 is 1.15 bits per heavy atom. The molecule has 1 aliphatic heterocycles. The van der Waals surface area contributed by atoms with Crippen LogP contribution in [0.4, 0.5) is 5.82 Å². The Hall–Kier alpha value is -3.02. The second-order valence-electron chi connectivity index (χ2n) is 6.45. The van der Waals surface area contributed by atoms with Crippen LogP contribution in [0.25, 0.3) is 11.0 Å². The van der Waals surface area contributed by atoms with Gasteiger partial charge < -0.3 is 14.1 Å². The highest BCUT2D eigenvalue weighted by molar-refractivity contribution is 5.99. The van der Waals surface area contributed by atoms with E-state index < -0.39 is 0 Å². The molecule has 1 aliphatic rings. The van der Waals surface area contributed by atoms with E-state index in [1.807, 2.05) is 54.4 Å². The lowest BCUT2D eigenvalue weighted by Crippen LogP contribution is -2.50. The highest BCUT2D eigenvalue weighted by Crippen LogP contribution is 2.29. The molecule has 134 valence electrons. The third kappa shape index (κ3) is 2.87. The van der Waals surface area contributed by atoms with Crippen molar-refractivity contribution in [2.75, 3.05) is 38.2 Å². The molecular formula is C20H22N3O3+. The highest BCUT2D eigenvalue weighted by atomic mass is 16.5. The van der Waals surface area contributed by atoms with Gasteiger partial charge in [-0.3, -0.25) is 9.69 Å². The van der Waals surface area contributed by atoms with Crippen molar-refractivity contribution in [1.82, 2.24) is 4.90 Å². The van der Waals surface area contributed by atoms with Crippen molar-refractivity contribution in [2.24, 2.45) is 0 Å². The first-order chi connectivity index (χ1) is 12.7. The first-order valence-corrected chi connectivity index (χ1v) is 8.75. The lowest BCUT2D eigenvalue weighted by Gasteiger charge is -2.30. The number of carbonyl (C=O) groups excluding carboxylic acids is 1. The summed E-state index contributed by atoms with van der Waals surface area (Å²) in [6.07, 6.45) is 1.92. The second kappa shape index (κ2) is 6.71. The Labute approximate surface area is 152 Å². The number of carbonyl (C=O) groups is 1. The molecule has 0 saturated carbocycles. The molecule has 3 aromatic rings. The number of hydrogen-bond donors (Lipinski definition) is 0. The van der Waals surface area contributed by atoms with E-state index in [1.165, 1.54) is 0 Å². The lowest BCUT2D eigenvalue weighted by atomic mass is 10.1. The number of nitrogens with zero attached hydrogens (tertiary/aromatic N) is 2. The molecule has 0 unspecified atom stereocenters. The monoisotopic (exact) mass is 352 g/mol. The van der Waals surface area contributed by atoms with E-state index in [9.17, 15) is 4.79 Å². The first kappa shape index (κ1) is 16.4. The van der Waals surface area contributed by atoms with Gasteiger partial charge in [0.25, 0.3) is 11.7 Å². The Morgan fingerprint density at radius 2 is 1.96 bits per heavy atom. The van der Waals surface area contributed by atoms with Gasteiger partial charge >= 0.3 is 0 Å². The zero-order valence-corrected chi connectivity index (χ0v) is 15.0. The number of aryl methyl sites for hydroxylation is 1. The van der Waals surface area contributed by atoms with Gasteiger partial charge in [-0.15, -0.1) is 0 Å². The molecule has 6 nitrogen and oxygen atoms in total. The maximum absolute atomic E-state index is 13.0. The third-order valence-electron chi connectivity index (χ3n) is 4.94. The molecule has 2 aromatic heterocycles. The van der Waals surface area contributed by atoms with E-state index in [0.29, 0.717) is 24.4 Å². The maximum Gasteiger partial charge on any atom is 0.290 e. The van der Waals surface area contributed by atoms with E-state index >= 15 is 0 Å². The van der Waals surface area contributed by atoms with E-state index in [-0.39, 0.29) is 5.91 Å². The summed E-state index contributed by atoms with van der Waals surface area (Å²) in [5, 5.41) is 0.922. The van der Waals surface area contributed by atoms with Crippen LogP contribution in [0.2, 0.25) is 0 Å². The number of benzene rings is 1. The summed E-state index contributed by atoms with van der Waals surface area (Å²) in [7, 11) is 1.63. The molecule has 1 saturated heterocycles. The topological polar surface area (TPSA) is 60.1 Å². The van der Waals surface area contributed by atoms with Gasteiger partial charge in [0.1, 0.15) is 24.4 Å². The van der Waals surface area contributed by atoms with E-state index in [2.05, 4.69) is 9.88 Å². The molecule has 0 aliphatic carbocycles. The van der Waals surface area contributed by atoms with Gasteiger partial charge in [0, 0.05) is 17.0 Å². The molecule has 0 radical (unpaired) electrons. The number of furan rings is 1. The zero-order chi connectivity index (χ0) is 18.1. The van der Waals surface area contributed by atoms with E-state index in [0.717, 1.165) is 35.6 Å². The smallest absolute Gasteiger partial charge is 0.290 e. The molecule has 6 heteroatoms. The summed E-state index contributed by atoms with van der Waals surface area (Å²) < 4.78 is 11.1. The standard InChI is InChI=1S/C20H21N3O3/c1-14-16-13-15(25-2)6-7-17(16)26-19(14)20(24)23-11-9-22(10-12-23)18-5-3-4-8-21-18/h3-8,13H,9-12H2,1-2H3/p+1. The molecule has 1 N–H and O–H groups in total. The number of fused-ring (bicyclic) bond motifs is 1. The summed E-state index contributed by atoms with van der Waals surface area (Å²) >= 11 is 0. The lowest BCUT2D eigenvalue weighted by molar-refractivity contribution is -0.364. The van der Waals surface area contributed by atoms with Crippen molar-refractivity contribution in [3.63, 3.8) is 0 Å². The van der Waals surface area contributed by atoms with Crippen LogP contribution in [0.5, 0.6) is 5.75 Å². The molecule has 3 heterocycles. The van der Waals surface area contributed by atoms with Gasteiger partial charge in [-0.1, -0.05) is 6.07 Å². The SMILES string of the molecule is COc1ccc2oc(C(=O)N3CCN(c4cccc[nH+]4)CC3)c(C)c2c1. The van der Waals surface area contributed by atoms with Gasteiger partial charge in [0.05, 0.1) is 26.4 Å². The van der Waals surface area contributed by atoms with Crippen molar-refractivity contribution >= 4 is 22.7 Å². The zero-order valence-electron chi connectivity index (χ0n) is 15.0. The molecule has 4 rings (SSSR count). The number of aromatic nitrogens is 1. The number of hydrogen-bond acceptors (Lipinski definition) is 4. The predicted octanol–water partition coefficient (Wildman–Crippen LogP) is 2.53. The molecule has 1 fully saturated rings. The summed E-state index contributed by atoms with van der Waals surface area (Å²) in [5.74, 6) is 2.21. The number of pyridine rings is 1. The van der Waals surface area contributed by atoms with Crippen LogP contribution >= 0.6 is 0 Å². The summed E-state index contributed by atoms with van der Waals surface area (Å²) in [6.45, 7) is 4.84. The van der Waals surface area contributed by atoms with Crippen LogP contribution < -0.4 is 14.6 Å². The Morgan fingerprint density at radius 3 is 2.65 bits per heavy atom. The average molecular weight is 352 g/mol. The summed E-state index contributed by atoms with van der Waals surface area (Å²) in [6, 6.07) is 11.6. The molecule has 0 bridgehead atoms. The molecular weight excluding hydrogens is 330 g/mol.